The molecule has 0 saturated carbocycles. The van der Waals surface area contributed by atoms with Gasteiger partial charge in [0.05, 0.1) is 17.9 Å². The van der Waals surface area contributed by atoms with Gasteiger partial charge in [-0.3, -0.25) is 4.79 Å². The summed E-state index contributed by atoms with van der Waals surface area (Å²) in [5.74, 6) is -1.81. The Bertz CT molecular complexity index is 533. The van der Waals surface area contributed by atoms with Gasteiger partial charge in [-0.1, -0.05) is 11.6 Å². The minimum absolute atomic E-state index is 0.0725. The summed E-state index contributed by atoms with van der Waals surface area (Å²) in [6.45, 7) is 1.54. The lowest BCUT2D eigenvalue weighted by Crippen LogP contribution is -2.34. The Kier molecular flexibility index (Phi) is 5.79. The molecule has 0 bridgehead atoms. The molecule has 1 rings (SSSR count). The van der Waals surface area contributed by atoms with Crippen molar-refractivity contribution in [2.75, 3.05) is 18.5 Å². The van der Waals surface area contributed by atoms with Crippen LogP contribution in [-0.4, -0.2) is 36.2 Å². The van der Waals surface area contributed by atoms with E-state index in [0.29, 0.717) is 0 Å². The Labute approximate surface area is 119 Å². The molecule has 0 unspecified atom stereocenters. The van der Waals surface area contributed by atoms with Gasteiger partial charge in [0.15, 0.2) is 0 Å². The maximum absolute atomic E-state index is 11.5. The molecule has 0 aliphatic carbocycles. The summed E-state index contributed by atoms with van der Waals surface area (Å²) in [7, 11) is 0. The Morgan fingerprint density at radius 3 is 2.65 bits per heavy atom. The third-order valence-electron chi connectivity index (χ3n) is 2.16. The maximum Gasteiger partial charge on any atom is 0.337 e. The van der Waals surface area contributed by atoms with Crippen molar-refractivity contribution in [3.63, 3.8) is 0 Å². The number of rotatable bonds is 5. The van der Waals surface area contributed by atoms with E-state index in [0.717, 1.165) is 0 Å². The summed E-state index contributed by atoms with van der Waals surface area (Å²) in [6.07, 6.45) is 0. The molecule has 0 spiro atoms. The zero-order valence-electron chi connectivity index (χ0n) is 10.6. The number of benzene rings is 1. The number of carboxylic acids is 1. The molecule has 0 saturated heterocycles. The van der Waals surface area contributed by atoms with Gasteiger partial charge >= 0.3 is 18.0 Å². The number of carbonyl (C=O) groups excluding carboxylic acids is 2. The number of aromatic carboxylic acids is 1. The molecule has 0 fully saturated rings. The number of urea groups is 1. The van der Waals surface area contributed by atoms with Crippen LogP contribution < -0.4 is 10.6 Å². The van der Waals surface area contributed by atoms with Crippen molar-refractivity contribution in [3.05, 3.63) is 28.8 Å². The van der Waals surface area contributed by atoms with Gasteiger partial charge in [-0.05, 0) is 25.1 Å². The standard InChI is InChI=1S/C12H13ClN2O5/c1-2-20-10(16)6-14-12(19)15-9-4-3-7(13)5-8(9)11(17)18/h3-5H,2,6H2,1H3,(H,17,18)(H2,14,15,19). The van der Waals surface area contributed by atoms with E-state index in [9.17, 15) is 14.4 Å². The zero-order chi connectivity index (χ0) is 15.1. The Morgan fingerprint density at radius 1 is 1.35 bits per heavy atom. The fourth-order valence-corrected chi connectivity index (χ4v) is 1.51. The number of hydrogen-bond donors (Lipinski definition) is 3. The molecule has 20 heavy (non-hydrogen) atoms. The first-order valence-electron chi connectivity index (χ1n) is 5.67. The first-order valence-corrected chi connectivity index (χ1v) is 6.05. The van der Waals surface area contributed by atoms with Gasteiger partial charge in [0, 0.05) is 5.02 Å². The van der Waals surface area contributed by atoms with E-state index in [1.165, 1.54) is 18.2 Å². The topological polar surface area (TPSA) is 105 Å². The summed E-state index contributed by atoms with van der Waals surface area (Å²) in [6, 6.07) is 3.29. The van der Waals surface area contributed by atoms with Crippen molar-refractivity contribution < 1.29 is 24.2 Å². The highest BCUT2D eigenvalue weighted by Crippen LogP contribution is 2.20. The molecule has 0 aliphatic rings. The lowest BCUT2D eigenvalue weighted by atomic mass is 10.2. The molecular weight excluding hydrogens is 288 g/mol. The van der Waals surface area contributed by atoms with Gasteiger partial charge in [0.25, 0.3) is 0 Å². The Morgan fingerprint density at radius 2 is 2.05 bits per heavy atom. The number of ether oxygens (including phenoxy) is 1. The zero-order valence-corrected chi connectivity index (χ0v) is 11.4. The van der Waals surface area contributed by atoms with Gasteiger partial charge in [-0.15, -0.1) is 0 Å². The Hall–Kier alpha value is -2.28. The van der Waals surface area contributed by atoms with Crippen LogP contribution in [0.4, 0.5) is 10.5 Å². The van der Waals surface area contributed by atoms with E-state index in [2.05, 4.69) is 15.4 Å². The number of hydrogen-bond acceptors (Lipinski definition) is 4. The van der Waals surface area contributed by atoms with Crippen molar-refractivity contribution in [1.29, 1.82) is 0 Å². The van der Waals surface area contributed by atoms with E-state index in [1.807, 2.05) is 0 Å². The summed E-state index contributed by atoms with van der Waals surface area (Å²) >= 11 is 5.68. The fraction of sp³-hybridized carbons (Fsp3) is 0.250. The van der Waals surface area contributed by atoms with E-state index in [-0.39, 0.29) is 29.4 Å². The number of anilines is 1. The molecular formula is C12H13ClN2O5. The van der Waals surface area contributed by atoms with Crippen molar-refractivity contribution in [3.8, 4) is 0 Å². The molecule has 1 aromatic rings. The quantitative estimate of drug-likeness (QED) is 0.718. The second-order valence-electron chi connectivity index (χ2n) is 3.61. The number of esters is 1. The van der Waals surface area contributed by atoms with E-state index >= 15 is 0 Å². The van der Waals surface area contributed by atoms with Crippen LogP contribution in [0.25, 0.3) is 0 Å². The molecule has 2 amide bonds. The average molecular weight is 301 g/mol. The highest BCUT2D eigenvalue weighted by Gasteiger charge is 2.13. The number of nitrogens with one attached hydrogen (secondary N) is 2. The average Bonchev–Trinajstić information content (AvgIpc) is 2.38. The Balaban J connectivity index is 2.66. The second-order valence-corrected chi connectivity index (χ2v) is 4.04. The highest BCUT2D eigenvalue weighted by molar-refractivity contribution is 6.31. The van der Waals surface area contributed by atoms with E-state index < -0.39 is 18.0 Å². The molecule has 1 aromatic carbocycles. The number of amides is 2. The first kappa shape index (κ1) is 15.8. The minimum atomic E-state index is -1.23. The van der Waals surface area contributed by atoms with Crippen molar-refractivity contribution in [2.24, 2.45) is 0 Å². The van der Waals surface area contributed by atoms with Gasteiger partial charge in [0.1, 0.15) is 6.54 Å². The van der Waals surface area contributed by atoms with Crippen LogP contribution >= 0.6 is 11.6 Å². The molecule has 0 aromatic heterocycles. The van der Waals surface area contributed by atoms with Gasteiger partial charge in [-0.25, -0.2) is 9.59 Å². The molecule has 108 valence electrons. The van der Waals surface area contributed by atoms with E-state index in [1.54, 1.807) is 6.92 Å². The fourth-order valence-electron chi connectivity index (χ4n) is 1.33. The van der Waals surface area contributed by atoms with Crippen molar-refractivity contribution in [2.45, 2.75) is 6.92 Å². The van der Waals surface area contributed by atoms with Crippen LogP contribution in [0.15, 0.2) is 18.2 Å². The van der Waals surface area contributed by atoms with Crippen molar-refractivity contribution in [1.82, 2.24) is 5.32 Å². The largest absolute Gasteiger partial charge is 0.478 e. The number of carboxylic acid groups (broad SMARTS) is 1. The van der Waals surface area contributed by atoms with Crippen LogP contribution in [0.2, 0.25) is 5.02 Å². The molecule has 7 nitrogen and oxygen atoms in total. The van der Waals surface area contributed by atoms with Gasteiger partial charge in [-0.2, -0.15) is 0 Å². The molecule has 0 atom stereocenters. The smallest absolute Gasteiger partial charge is 0.337 e. The normalized spacial score (nSPS) is 9.70. The monoisotopic (exact) mass is 300 g/mol. The van der Waals surface area contributed by atoms with Crippen LogP contribution in [0.3, 0.4) is 0 Å². The molecule has 0 aliphatic heterocycles. The second kappa shape index (κ2) is 7.34. The third-order valence-corrected chi connectivity index (χ3v) is 2.39. The van der Waals surface area contributed by atoms with Gasteiger partial charge < -0.3 is 20.5 Å². The summed E-state index contributed by atoms with van der Waals surface area (Å²) < 4.78 is 4.63. The molecule has 8 heteroatoms. The number of carbonyl (C=O) groups is 3. The maximum atomic E-state index is 11.5. The minimum Gasteiger partial charge on any atom is -0.478 e. The molecule has 0 radical (unpaired) electrons. The summed E-state index contributed by atoms with van der Waals surface area (Å²) in [5.41, 5.74) is -0.0768. The SMILES string of the molecule is CCOC(=O)CNC(=O)Nc1ccc(Cl)cc1C(=O)O. The lowest BCUT2D eigenvalue weighted by Gasteiger charge is -2.10. The number of halogens is 1. The summed E-state index contributed by atoms with van der Waals surface area (Å²) in [4.78, 5) is 33.6. The van der Waals surface area contributed by atoms with Crippen LogP contribution in [0, 0.1) is 0 Å². The predicted octanol–water partition coefficient (Wildman–Crippen LogP) is 1.72. The van der Waals surface area contributed by atoms with E-state index in [4.69, 9.17) is 16.7 Å². The highest BCUT2D eigenvalue weighted by atomic mass is 35.5. The third kappa shape index (κ3) is 4.77. The predicted molar refractivity (Wildman–Crippen MR) is 72.1 cm³/mol. The molecule has 0 heterocycles. The lowest BCUT2D eigenvalue weighted by molar-refractivity contribution is -0.141. The molecule has 3 N–H and O–H groups in total. The van der Waals surface area contributed by atoms with Crippen LogP contribution in [0.1, 0.15) is 17.3 Å². The van der Waals surface area contributed by atoms with Crippen LogP contribution in [0.5, 0.6) is 0 Å². The first-order chi connectivity index (χ1) is 9.43. The van der Waals surface area contributed by atoms with Crippen molar-refractivity contribution >= 4 is 35.3 Å². The van der Waals surface area contributed by atoms with Crippen LogP contribution in [-0.2, 0) is 9.53 Å². The summed E-state index contributed by atoms with van der Waals surface area (Å²) in [5, 5.41) is 13.8. The van der Waals surface area contributed by atoms with Gasteiger partial charge in [0.2, 0.25) is 0 Å².